The number of nitrogens with zero attached hydrogens (tertiary/aromatic N) is 3. The fraction of sp³-hybridized carbons (Fsp3) is 0.385. The van der Waals surface area contributed by atoms with Gasteiger partial charge in [0.15, 0.2) is 5.82 Å². The summed E-state index contributed by atoms with van der Waals surface area (Å²) >= 11 is 0. The quantitative estimate of drug-likeness (QED) is 0.834. The van der Waals surface area contributed by atoms with Crippen molar-refractivity contribution in [2.24, 2.45) is 7.05 Å². The molecule has 1 heterocycles. The van der Waals surface area contributed by atoms with Crippen molar-refractivity contribution in [3.05, 3.63) is 36.4 Å². The van der Waals surface area contributed by atoms with E-state index in [-0.39, 0.29) is 10.9 Å². The van der Waals surface area contributed by atoms with Crippen LogP contribution in [0.15, 0.2) is 35.5 Å². The van der Waals surface area contributed by atoms with Gasteiger partial charge in [-0.05, 0) is 38.1 Å². The zero-order valence-corrected chi connectivity index (χ0v) is 13.1. The summed E-state index contributed by atoms with van der Waals surface area (Å²) in [6, 6.07) is 6.44. The molecule has 1 aromatic heterocycles. The lowest BCUT2D eigenvalue weighted by Gasteiger charge is -2.10. The van der Waals surface area contributed by atoms with E-state index < -0.39 is 10.0 Å². The first-order valence-corrected chi connectivity index (χ1v) is 8.06. The number of nitrogens with one attached hydrogen (secondary N) is 2. The first kappa shape index (κ1) is 15.5. The molecule has 2 aromatic rings. The Hall–Kier alpha value is -1.93. The van der Waals surface area contributed by atoms with Crippen LogP contribution in [-0.2, 0) is 23.6 Å². The van der Waals surface area contributed by atoms with E-state index in [9.17, 15) is 8.42 Å². The predicted octanol–water partition coefficient (Wildman–Crippen LogP) is 1.11. The molecular formula is C13H19N5O2S. The van der Waals surface area contributed by atoms with Gasteiger partial charge in [0.1, 0.15) is 6.33 Å². The molecule has 114 valence electrons. The van der Waals surface area contributed by atoms with E-state index in [4.69, 9.17) is 0 Å². The van der Waals surface area contributed by atoms with E-state index in [1.54, 1.807) is 56.2 Å². The number of hydrogen-bond donors (Lipinski definition) is 2. The molecule has 0 amide bonds. The Kier molecular flexibility index (Phi) is 4.59. The maximum atomic E-state index is 12.0. The molecule has 0 saturated carbocycles. The highest BCUT2D eigenvalue weighted by Crippen LogP contribution is 2.14. The second-order valence-electron chi connectivity index (χ2n) is 4.99. The van der Waals surface area contributed by atoms with Crippen LogP contribution in [0.2, 0.25) is 0 Å². The average Bonchev–Trinajstić information content (AvgIpc) is 2.81. The van der Waals surface area contributed by atoms with Gasteiger partial charge in [-0.2, -0.15) is 5.10 Å². The van der Waals surface area contributed by atoms with Crippen molar-refractivity contribution in [2.45, 2.75) is 31.3 Å². The Labute approximate surface area is 124 Å². The molecule has 1 aromatic carbocycles. The third-order valence-corrected chi connectivity index (χ3v) is 4.33. The van der Waals surface area contributed by atoms with Crippen molar-refractivity contribution in [3.8, 4) is 0 Å². The van der Waals surface area contributed by atoms with Crippen molar-refractivity contribution in [1.29, 1.82) is 0 Å². The van der Waals surface area contributed by atoms with Crippen LogP contribution in [0.25, 0.3) is 0 Å². The third kappa shape index (κ3) is 4.27. The molecule has 0 spiro atoms. The fourth-order valence-corrected chi connectivity index (χ4v) is 3.03. The summed E-state index contributed by atoms with van der Waals surface area (Å²) in [5, 5.41) is 7.29. The minimum Gasteiger partial charge on any atom is -0.378 e. The van der Waals surface area contributed by atoms with Crippen LogP contribution < -0.4 is 10.0 Å². The summed E-state index contributed by atoms with van der Waals surface area (Å²) in [6.45, 7) is 4.05. The van der Waals surface area contributed by atoms with E-state index in [1.807, 2.05) is 0 Å². The summed E-state index contributed by atoms with van der Waals surface area (Å²) in [7, 11) is -1.64. The number of aryl methyl sites for hydroxylation is 1. The Morgan fingerprint density at radius 1 is 1.24 bits per heavy atom. The number of rotatable bonds is 6. The van der Waals surface area contributed by atoms with Crippen LogP contribution in [0.4, 0.5) is 5.69 Å². The first-order valence-electron chi connectivity index (χ1n) is 6.57. The molecule has 0 aliphatic heterocycles. The van der Waals surface area contributed by atoms with Crippen LogP contribution in [0, 0.1) is 0 Å². The van der Waals surface area contributed by atoms with Crippen molar-refractivity contribution in [3.63, 3.8) is 0 Å². The monoisotopic (exact) mass is 309 g/mol. The normalized spacial score (nSPS) is 11.8. The summed E-state index contributed by atoms with van der Waals surface area (Å²) in [6.07, 6.45) is 1.63. The number of aromatic nitrogens is 3. The van der Waals surface area contributed by atoms with Crippen molar-refractivity contribution < 1.29 is 8.42 Å². The molecule has 0 atom stereocenters. The zero-order chi connectivity index (χ0) is 15.5. The van der Waals surface area contributed by atoms with E-state index in [0.717, 1.165) is 5.69 Å². The Morgan fingerprint density at radius 2 is 1.90 bits per heavy atom. The second kappa shape index (κ2) is 6.23. The third-order valence-electron chi connectivity index (χ3n) is 2.65. The molecule has 0 aliphatic carbocycles. The van der Waals surface area contributed by atoms with E-state index in [1.165, 1.54) is 0 Å². The van der Waals surface area contributed by atoms with Gasteiger partial charge < -0.3 is 5.32 Å². The molecule has 7 nitrogen and oxygen atoms in total. The topological polar surface area (TPSA) is 88.9 Å². The number of anilines is 1. The van der Waals surface area contributed by atoms with Gasteiger partial charge in [-0.15, -0.1) is 0 Å². The standard InChI is InChI=1S/C13H19N5O2S/c1-10(2)17-21(19,20)12-6-4-11(5-7-12)14-8-13-15-9-18(3)16-13/h4-7,9-10,14,17H,8H2,1-3H3. The SMILES string of the molecule is CC(C)NS(=O)(=O)c1ccc(NCc2ncn(C)n2)cc1. The maximum absolute atomic E-state index is 12.0. The summed E-state index contributed by atoms with van der Waals surface area (Å²) in [5.74, 6) is 0.677. The molecule has 8 heteroatoms. The van der Waals surface area contributed by atoms with Gasteiger partial charge >= 0.3 is 0 Å². The molecule has 0 radical (unpaired) electrons. The van der Waals surface area contributed by atoms with Gasteiger partial charge in [-0.1, -0.05) is 0 Å². The summed E-state index contributed by atoms with van der Waals surface area (Å²) < 4.78 is 28.1. The molecule has 2 rings (SSSR count). The summed E-state index contributed by atoms with van der Waals surface area (Å²) in [5.41, 5.74) is 0.811. The number of benzene rings is 1. The maximum Gasteiger partial charge on any atom is 0.240 e. The van der Waals surface area contributed by atoms with Gasteiger partial charge in [-0.25, -0.2) is 18.1 Å². The Morgan fingerprint density at radius 3 is 2.43 bits per heavy atom. The minimum atomic E-state index is -3.45. The lowest BCUT2D eigenvalue weighted by Crippen LogP contribution is -2.30. The van der Waals surface area contributed by atoms with E-state index >= 15 is 0 Å². The van der Waals surface area contributed by atoms with Crippen LogP contribution in [-0.4, -0.2) is 29.2 Å². The number of sulfonamides is 1. The smallest absolute Gasteiger partial charge is 0.240 e. The first-order chi connectivity index (χ1) is 9.87. The molecule has 21 heavy (non-hydrogen) atoms. The highest BCUT2D eigenvalue weighted by atomic mass is 32.2. The van der Waals surface area contributed by atoms with Gasteiger partial charge in [0.25, 0.3) is 0 Å². The molecule has 0 aliphatic rings. The Bertz CT molecular complexity index is 692. The van der Waals surface area contributed by atoms with Gasteiger partial charge in [0.05, 0.1) is 11.4 Å². The van der Waals surface area contributed by atoms with Crippen molar-refractivity contribution >= 4 is 15.7 Å². The largest absolute Gasteiger partial charge is 0.378 e. The fourth-order valence-electron chi connectivity index (χ4n) is 1.78. The zero-order valence-electron chi connectivity index (χ0n) is 12.2. The second-order valence-corrected chi connectivity index (χ2v) is 6.70. The van der Waals surface area contributed by atoms with Gasteiger partial charge in [-0.3, -0.25) is 4.68 Å². The highest BCUT2D eigenvalue weighted by molar-refractivity contribution is 7.89. The molecule has 0 saturated heterocycles. The van der Waals surface area contributed by atoms with E-state index in [0.29, 0.717) is 12.4 Å². The average molecular weight is 309 g/mol. The lowest BCUT2D eigenvalue weighted by atomic mass is 10.3. The van der Waals surface area contributed by atoms with Gasteiger partial charge in [0.2, 0.25) is 10.0 Å². The summed E-state index contributed by atoms with van der Waals surface area (Å²) in [4.78, 5) is 4.35. The minimum absolute atomic E-state index is 0.136. The van der Waals surface area contributed by atoms with Gasteiger partial charge in [0, 0.05) is 18.8 Å². The molecule has 2 N–H and O–H groups in total. The molecule has 0 fully saturated rings. The molecular weight excluding hydrogens is 290 g/mol. The van der Waals surface area contributed by atoms with Crippen molar-refractivity contribution in [1.82, 2.24) is 19.5 Å². The van der Waals surface area contributed by atoms with Crippen LogP contribution in [0.5, 0.6) is 0 Å². The van der Waals surface area contributed by atoms with Crippen LogP contribution >= 0.6 is 0 Å². The number of hydrogen-bond acceptors (Lipinski definition) is 5. The lowest BCUT2D eigenvalue weighted by molar-refractivity contribution is 0.570. The Balaban J connectivity index is 2.02. The highest BCUT2D eigenvalue weighted by Gasteiger charge is 2.14. The molecule has 0 bridgehead atoms. The van der Waals surface area contributed by atoms with Crippen molar-refractivity contribution in [2.75, 3.05) is 5.32 Å². The van der Waals surface area contributed by atoms with Crippen LogP contribution in [0.3, 0.4) is 0 Å². The predicted molar refractivity (Wildman–Crippen MR) is 80.2 cm³/mol. The molecule has 0 unspecified atom stereocenters. The van der Waals surface area contributed by atoms with E-state index in [2.05, 4.69) is 20.1 Å². The van der Waals surface area contributed by atoms with Crippen LogP contribution in [0.1, 0.15) is 19.7 Å².